The number of nitrogens with two attached hydrogens (primary N) is 2. The zero-order valence-corrected chi connectivity index (χ0v) is 135. The number of nitrogens with zero attached hydrogens (tertiary/aromatic N) is 4. The first kappa shape index (κ1) is 152. The summed E-state index contributed by atoms with van der Waals surface area (Å²) < 4.78 is 30.9. The van der Waals surface area contributed by atoms with Crippen LogP contribution in [0.3, 0.4) is 0 Å². The molecular formula is C86H127ClI27N8O21-. The van der Waals surface area contributed by atoms with E-state index in [-0.39, 0.29) is 142 Å². The number of carboxylic acid groups (broad SMARTS) is 1. The Labute approximate surface area is 1040 Å². The number of ketones is 3. The van der Waals surface area contributed by atoms with Crippen molar-refractivity contribution in [2.45, 2.75) is 164 Å². The monoisotopic (exact) mass is 5070 g/mol. The predicted molar refractivity (Wildman–Crippen MR) is 809 cm³/mol. The van der Waals surface area contributed by atoms with Crippen LogP contribution in [0.5, 0.6) is 0 Å². The third kappa shape index (κ3) is 60.3. The van der Waals surface area contributed by atoms with Gasteiger partial charge in [-0.15, -0.1) is 12.4 Å². The Morgan fingerprint density at radius 2 is 0.636 bits per heavy atom. The van der Waals surface area contributed by atoms with Crippen LogP contribution in [0.25, 0.3) is 0 Å². The van der Waals surface area contributed by atoms with Crippen molar-refractivity contribution >= 4 is 427 Å². The van der Waals surface area contributed by atoms with Crippen molar-refractivity contribution in [3.8, 4) is 0 Å². The molecule has 5 aromatic rings. The Balaban J connectivity index is 0.000000870. The number of aromatic carboxylic acids is 1. The molecule has 10 rings (SSSR count). The predicted octanol–water partition coefficient (Wildman–Crippen LogP) is 29.2. The number of morpholine rings is 4. The number of Topliss-reactive ketones (excluding diaryl/α,β-unsaturated/α-hetero) is 3. The largest absolute Gasteiger partial charge is 0.478 e. The van der Waals surface area contributed by atoms with E-state index in [0.29, 0.717) is 183 Å². The van der Waals surface area contributed by atoms with Gasteiger partial charge in [-0.1, -0.05) is 82.9 Å². The smallest absolute Gasteiger partial charge is 0.335 e. The van der Waals surface area contributed by atoms with Crippen LogP contribution in [0.2, 0.25) is 0 Å². The average molecular weight is 5070 g/mol. The van der Waals surface area contributed by atoms with Gasteiger partial charge in [0.25, 0.3) is 23.6 Å². The first-order valence-electron chi connectivity index (χ1n) is 42.0. The summed E-state index contributed by atoms with van der Waals surface area (Å²) in [5.41, 5.74) is 16.2. The van der Waals surface area contributed by atoms with Crippen molar-refractivity contribution in [3.63, 3.8) is 0 Å². The van der Waals surface area contributed by atoms with Crippen LogP contribution in [0.1, 0.15) is 209 Å². The second-order valence-electron chi connectivity index (χ2n) is 31.6. The van der Waals surface area contributed by atoms with Crippen molar-refractivity contribution in [1.82, 2.24) is 30.2 Å². The molecule has 57 heteroatoms. The molecule has 4 atom stereocenters. The van der Waals surface area contributed by atoms with Gasteiger partial charge in [0.15, 0.2) is 17.3 Å². The van der Waals surface area contributed by atoms with Crippen LogP contribution >= 0.6 is 368 Å². The van der Waals surface area contributed by atoms with Crippen molar-refractivity contribution < 1.29 is 115 Å². The molecule has 0 aromatic heterocycles. The number of aliphatic hydroxyl groups is 4. The Kier molecular flexibility index (Phi) is 88.8. The maximum atomic E-state index is 12.5. The number of nitrogens with one attached hydrogen (secondary N) is 2. The molecule has 4 heterocycles. The SMILES string of the molecule is C.C.C.CC(C)(C)OC(=O)NCC(O)CCC(=O)c1ccc(C(=O)N2CCOCC2)cc1.CC(C)(C)OC(=O)NCC(O)CN.Cl.I[I-]I(I)I(I)I(I)I(I)I(I)I(I)I(I)I(I)I(I)I(I)I(I)I(I)I.NCC(O)CCC(=O)c1ccc(C(=O)N2CCOCC2)cc1.O=C(CCC(O)CCC1Cc2ccccc2C1)c1ccc(C(=O)N2CCOCC2)cc1.O=C(O)c1ccc(C(=O)N2CCOCC2)cc1. The minimum Gasteiger partial charge on any atom is -0.478 e. The van der Waals surface area contributed by atoms with Gasteiger partial charge in [-0.3, -0.25) is 33.6 Å². The maximum Gasteiger partial charge on any atom is 0.335 e. The van der Waals surface area contributed by atoms with Crippen LogP contribution in [-0.4, -0.2) is 271 Å². The molecule has 0 saturated carbocycles. The van der Waals surface area contributed by atoms with E-state index in [9.17, 15) is 63.3 Å². The molecule has 834 valence electrons. The summed E-state index contributed by atoms with van der Waals surface area (Å²) >= 11 is 44.4. The number of carbonyl (C=O) groups is 10. The van der Waals surface area contributed by atoms with Crippen molar-refractivity contribution in [1.29, 1.82) is 0 Å². The third-order valence-electron chi connectivity index (χ3n) is 19.3. The number of halogens is 28. The van der Waals surface area contributed by atoms with E-state index in [1.54, 1.807) is 146 Å². The standard InChI is InChI=1S/C26H31NO4.C21H30N2O6.C16H22N2O4.C12H13NO4.C8H18N2O3.3CH4.ClH.I27/c28-24(10-5-19-17-22-3-1-2-4-23(22)18-19)11-12-25(29)20-6-8-21(9-7-20)26(30)27-13-15-31-16-14-27;1-21(2,3)29-20(27)22-14-17(24)8-9-18(25)15-4-6-16(7-5-15)19(26)23-10-12-28-13-11-23;17-11-14(19)5-6-15(20)12-1-3-13(4-2-12)16(21)18-7-9-22-10-8-18;14-11(13-5-7-17-8-6-13)9-1-3-10(4-2-9)12(15)16;1-8(2,3)13-7(12)10-5-6(11)4-9;;;;;1-15-17(4)19(6)21(8)23(10)25(12)27(14)26(13)24(11)22(9)20(7)18(5)16(2)3/h1-4,6-9,19,24,28H,5,10-18H2;4-7,17,24H,8-14H2,1-3H3,(H,22,27);1-4,14,19H,5-11,17H2;1-4H,5-8H2,(H,15,16);6,11H,4-5,9H2,1-3H3,(H,10,12);3*1H4;1H;/q;;;;;;;;;-1. The van der Waals surface area contributed by atoms with Gasteiger partial charge in [0.1, 0.15) is 11.2 Å². The quantitative estimate of drug-likeness (QED) is 0.0131. The number of carboxylic acids is 1. The Morgan fingerprint density at radius 1 is 0.385 bits per heavy atom. The van der Waals surface area contributed by atoms with Gasteiger partial charge in [0, 0.05) is 137 Å². The van der Waals surface area contributed by atoms with Crippen LogP contribution < -0.4 is 35.4 Å². The number of rotatable bonds is 38. The van der Waals surface area contributed by atoms with Crippen LogP contribution in [0.4, 0.5) is 9.59 Å². The number of aliphatic hydroxyl groups excluding tert-OH is 4. The van der Waals surface area contributed by atoms with E-state index in [4.69, 9.17) is 50.1 Å². The molecule has 4 unspecified atom stereocenters. The number of alkyl carbamates (subject to hydrolysis) is 2. The molecule has 5 aliphatic rings. The summed E-state index contributed by atoms with van der Waals surface area (Å²) in [6.45, 7) is 20.1. The molecular weight excluding hydrogens is 4940 g/mol. The molecule has 5 aromatic carbocycles. The van der Waals surface area contributed by atoms with E-state index in [1.165, 1.54) is 23.3 Å². The number of ether oxygens (including phenoxy) is 6. The van der Waals surface area contributed by atoms with Gasteiger partial charge in [-0.05, 0) is 164 Å². The zero-order chi connectivity index (χ0) is 103. The molecule has 4 fully saturated rings. The van der Waals surface area contributed by atoms with Crippen LogP contribution in [0, 0.1) is 5.92 Å². The number of hydrogen-bond donors (Lipinski definition) is 9. The van der Waals surface area contributed by atoms with Gasteiger partial charge in [0.05, 0.1) is 82.8 Å². The fourth-order valence-electron chi connectivity index (χ4n) is 12.4. The number of carbonyl (C=O) groups excluding carboxylic acids is 9. The van der Waals surface area contributed by atoms with Gasteiger partial charge in [-0.25, -0.2) is 14.4 Å². The maximum absolute atomic E-state index is 12.5. The fraction of sp³-hybridized carbons (Fsp3) is 0.535. The molecule has 6 amide bonds. The third-order valence-corrected chi connectivity index (χ3v) is 1920. The van der Waals surface area contributed by atoms with Crippen molar-refractivity contribution in [3.05, 3.63) is 177 Å². The topological polar surface area (TPSA) is 416 Å². The summed E-state index contributed by atoms with van der Waals surface area (Å²) in [6, 6.07) is 34.6. The molecule has 4 aliphatic heterocycles. The molecule has 11 N–H and O–H groups in total. The van der Waals surface area contributed by atoms with E-state index in [2.05, 4.69) is 296 Å². The summed E-state index contributed by atoms with van der Waals surface area (Å²) in [5.74, 6) is -0.786. The number of benzene rings is 5. The molecule has 0 bridgehead atoms. The Bertz CT molecular complexity index is 4570. The number of hydrogen-bond acceptors (Lipinski definition) is 22. The summed E-state index contributed by atoms with van der Waals surface area (Å²) in [7, 11) is -5.18. The second kappa shape index (κ2) is 83.8. The molecule has 0 spiro atoms. The second-order valence-corrected chi connectivity index (χ2v) is 633. The van der Waals surface area contributed by atoms with Crippen molar-refractivity contribution in [2.24, 2.45) is 17.4 Å². The van der Waals surface area contributed by atoms with Crippen LogP contribution in [-0.2, 0) is 41.3 Å². The minimum atomic E-state index is -0.990. The molecule has 1 aliphatic carbocycles. The molecule has 4 saturated heterocycles. The van der Waals surface area contributed by atoms with E-state index < -0.39 is 133 Å². The van der Waals surface area contributed by atoms with Gasteiger partial charge >= 0.3 is 387 Å². The zero-order valence-electron chi connectivity index (χ0n) is 76.0. The Morgan fingerprint density at radius 3 is 0.902 bits per heavy atom. The van der Waals surface area contributed by atoms with Gasteiger partial charge < -0.3 is 95.7 Å². The molecule has 29 nitrogen and oxygen atoms in total. The Hall–Kier alpha value is 10.6. The summed E-state index contributed by atoms with van der Waals surface area (Å²) in [4.78, 5) is 126. The summed E-state index contributed by atoms with van der Waals surface area (Å²) in [5, 5.41) is 52.4. The fourth-order valence-corrected chi connectivity index (χ4v) is 4410. The summed E-state index contributed by atoms with van der Waals surface area (Å²) in [6.07, 6.45) is 1.84. The van der Waals surface area contributed by atoms with E-state index >= 15 is 0 Å². The minimum absolute atomic E-state index is 0. The van der Waals surface area contributed by atoms with Gasteiger partial charge in [-0.2, -0.15) is 0 Å². The van der Waals surface area contributed by atoms with Crippen molar-refractivity contribution in [2.75, 3.05) is 131 Å². The molecule has 0 radical (unpaired) electrons. The number of fused-ring (bicyclic) bond motifs is 1. The normalized spacial score (nSPS) is 16.0. The average Bonchev–Trinajstić information content (AvgIpc) is 1.33. The first-order chi connectivity index (χ1) is 65.7. The van der Waals surface area contributed by atoms with Gasteiger partial charge in [0.2, 0.25) is 0 Å². The number of amides is 6. The van der Waals surface area contributed by atoms with Crippen LogP contribution in [0.15, 0.2) is 121 Å². The van der Waals surface area contributed by atoms with E-state index in [1.807, 2.05) is 0 Å². The van der Waals surface area contributed by atoms with E-state index in [0.717, 1.165) is 25.7 Å². The molecule has 143 heavy (non-hydrogen) atoms. The first-order valence-corrected chi connectivity index (χ1v) is 205.